The van der Waals surface area contributed by atoms with Gasteiger partial charge in [-0.3, -0.25) is 32.9 Å². The van der Waals surface area contributed by atoms with Crippen LogP contribution >= 0.6 is 19.2 Å². The van der Waals surface area contributed by atoms with Gasteiger partial charge in [0.25, 0.3) is 0 Å². The molecule has 1 saturated heterocycles. The summed E-state index contributed by atoms with van der Waals surface area (Å²) in [5.41, 5.74) is -0.671. The molecule has 1 fully saturated rings. The van der Waals surface area contributed by atoms with Gasteiger partial charge in [-0.2, -0.15) is 5.10 Å². The van der Waals surface area contributed by atoms with Crippen molar-refractivity contribution < 1.29 is 46.7 Å². The maximum Gasteiger partial charge on any atom is 0.361 e. The first-order valence-corrected chi connectivity index (χ1v) is 15.8. The van der Waals surface area contributed by atoms with E-state index >= 15 is 0 Å². The number of fused-ring (bicyclic) bond motifs is 1. The molecule has 16 heteroatoms. The summed E-state index contributed by atoms with van der Waals surface area (Å²) in [4.78, 5) is 62.3. The highest BCUT2D eigenvalue weighted by atomic mass is 35.5. The Morgan fingerprint density at radius 3 is 2.58 bits per heavy atom. The first-order chi connectivity index (χ1) is 21.0. The fourth-order valence-corrected chi connectivity index (χ4v) is 5.76. The third-order valence-corrected chi connectivity index (χ3v) is 8.75. The number of ether oxygens (including phenoxy) is 1. The number of nitrogens with zero attached hydrogens (tertiary/aromatic N) is 3. The largest absolute Gasteiger partial charge is 0.438 e. The Morgan fingerprint density at radius 2 is 1.91 bits per heavy atom. The maximum absolute atomic E-state index is 14.5. The number of Topliss-reactive ketones (excluding diaryl/α,β-unsaturated/α-hetero) is 1. The van der Waals surface area contributed by atoms with E-state index in [1.807, 2.05) is 0 Å². The van der Waals surface area contributed by atoms with Crippen molar-refractivity contribution in [3.05, 3.63) is 58.5 Å². The minimum atomic E-state index is -4.55. The fourth-order valence-electron chi connectivity index (χ4n) is 4.67. The quantitative estimate of drug-likeness (QED) is 0.142. The Balaban J connectivity index is 1.54. The second kappa shape index (κ2) is 13.3. The van der Waals surface area contributed by atoms with Crippen LogP contribution in [0.15, 0.2) is 36.4 Å². The Labute approximate surface area is 262 Å². The highest BCUT2D eigenvalue weighted by Crippen LogP contribution is 2.41. The molecule has 2 amide bonds. The Morgan fingerprint density at radius 1 is 1.20 bits per heavy atom. The van der Waals surface area contributed by atoms with Crippen LogP contribution in [-0.4, -0.2) is 68.7 Å². The van der Waals surface area contributed by atoms with E-state index in [2.05, 4.69) is 10.4 Å². The SMILES string of the molecule is CC(=O)c1nn(CC(=O)N2C[C@H](F)C[C@H]2C(=O)NCc2cccc(Cl)c2F)c2cc(P(=O)(O)OCOC(=O)C(C)(C)C)ccc12. The lowest BCUT2D eigenvalue weighted by Gasteiger charge is -2.24. The smallest absolute Gasteiger partial charge is 0.361 e. The van der Waals surface area contributed by atoms with Gasteiger partial charge in [0.1, 0.15) is 30.3 Å². The number of amides is 2. The van der Waals surface area contributed by atoms with Crippen molar-refractivity contribution in [2.24, 2.45) is 5.41 Å². The zero-order chi connectivity index (χ0) is 33.3. The van der Waals surface area contributed by atoms with E-state index in [0.29, 0.717) is 0 Å². The molecule has 0 saturated carbocycles. The van der Waals surface area contributed by atoms with E-state index in [1.165, 1.54) is 43.3 Å². The number of ketones is 1. The summed E-state index contributed by atoms with van der Waals surface area (Å²) < 4.78 is 52.8. The summed E-state index contributed by atoms with van der Waals surface area (Å²) in [5, 5.41) is 6.62. The van der Waals surface area contributed by atoms with Crippen LogP contribution in [0.2, 0.25) is 5.02 Å². The number of hydrogen-bond acceptors (Lipinski definition) is 8. The summed E-state index contributed by atoms with van der Waals surface area (Å²) >= 11 is 5.79. The molecule has 3 atom stereocenters. The zero-order valence-corrected chi connectivity index (χ0v) is 26.5. The molecule has 12 nitrogen and oxygen atoms in total. The number of carbonyl (C=O) groups excluding carboxylic acids is 4. The third kappa shape index (κ3) is 7.75. The number of benzene rings is 2. The molecule has 2 aromatic carbocycles. The second-order valence-corrected chi connectivity index (χ2v) is 13.8. The van der Waals surface area contributed by atoms with Crippen molar-refractivity contribution >= 4 is 59.0 Å². The van der Waals surface area contributed by atoms with Crippen molar-refractivity contribution in [3.8, 4) is 0 Å². The maximum atomic E-state index is 14.5. The Hall–Kier alpha value is -3.71. The summed E-state index contributed by atoms with van der Waals surface area (Å²) in [7, 11) is -4.55. The number of hydrogen-bond donors (Lipinski definition) is 2. The average molecular weight is 669 g/mol. The van der Waals surface area contributed by atoms with E-state index in [-0.39, 0.29) is 52.0 Å². The molecule has 1 aliphatic heterocycles. The van der Waals surface area contributed by atoms with Crippen molar-refractivity contribution in [1.82, 2.24) is 20.0 Å². The molecule has 45 heavy (non-hydrogen) atoms. The number of aromatic nitrogens is 2. The lowest BCUT2D eigenvalue weighted by molar-refractivity contribution is -0.159. The van der Waals surface area contributed by atoms with E-state index in [0.717, 1.165) is 9.58 Å². The van der Waals surface area contributed by atoms with Crippen LogP contribution in [0, 0.1) is 11.2 Å². The van der Waals surface area contributed by atoms with Gasteiger partial charge in [-0.05, 0) is 45.0 Å². The van der Waals surface area contributed by atoms with Gasteiger partial charge in [0, 0.05) is 30.8 Å². The Kier molecular flexibility index (Phi) is 10.1. The first kappa shape index (κ1) is 34.2. The van der Waals surface area contributed by atoms with Gasteiger partial charge in [0.15, 0.2) is 5.78 Å². The molecular weight excluding hydrogens is 637 g/mol. The van der Waals surface area contributed by atoms with Crippen molar-refractivity contribution in [1.29, 1.82) is 0 Å². The first-order valence-electron chi connectivity index (χ1n) is 13.8. The average Bonchev–Trinajstić information content (AvgIpc) is 3.53. The van der Waals surface area contributed by atoms with Crippen LogP contribution in [0.3, 0.4) is 0 Å². The highest BCUT2D eigenvalue weighted by Gasteiger charge is 2.40. The molecule has 0 spiro atoms. The van der Waals surface area contributed by atoms with Crippen molar-refractivity contribution in [2.45, 2.75) is 59.4 Å². The predicted octanol–water partition coefficient (Wildman–Crippen LogP) is 3.66. The molecule has 0 bridgehead atoms. The number of nitrogens with one attached hydrogen (secondary N) is 1. The van der Waals surface area contributed by atoms with E-state index in [9.17, 15) is 37.4 Å². The van der Waals surface area contributed by atoms with Crippen LogP contribution in [0.25, 0.3) is 10.9 Å². The molecule has 2 N–H and O–H groups in total. The van der Waals surface area contributed by atoms with Gasteiger partial charge in [0.05, 0.1) is 27.8 Å². The molecule has 1 aliphatic rings. The van der Waals surface area contributed by atoms with Gasteiger partial charge in [-0.1, -0.05) is 23.7 Å². The van der Waals surface area contributed by atoms with Crippen molar-refractivity contribution in [2.75, 3.05) is 13.3 Å². The number of esters is 1. The van der Waals surface area contributed by atoms with Crippen LogP contribution in [0.4, 0.5) is 8.78 Å². The molecule has 1 unspecified atom stereocenters. The van der Waals surface area contributed by atoms with Gasteiger partial charge < -0.3 is 19.8 Å². The Bertz CT molecular complexity index is 1710. The van der Waals surface area contributed by atoms with Crippen LogP contribution in [0.1, 0.15) is 50.2 Å². The van der Waals surface area contributed by atoms with Crippen LogP contribution in [-0.2, 0) is 41.3 Å². The lowest BCUT2D eigenvalue weighted by Crippen LogP contribution is -2.46. The summed E-state index contributed by atoms with van der Waals surface area (Å²) in [6.45, 7) is 4.07. The molecule has 2 heterocycles. The minimum Gasteiger partial charge on any atom is -0.438 e. The highest BCUT2D eigenvalue weighted by molar-refractivity contribution is 7.61. The van der Waals surface area contributed by atoms with Gasteiger partial charge >= 0.3 is 13.6 Å². The van der Waals surface area contributed by atoms with Crippen LogP contribution < -0.4 is 10.6 Å². The zero-order valence-electron chi connectivity index (χ0n) is 24.9. The minimum absolute atomic E-state index is 0.0280. The summed E-state index contributed by atoms with van der Waals surface area (Å²) in [6.07, 6.45) is -1.80. The molecule has 0 radical (unpaired) electrons. The van der Waals surface area contributed by atoms with Gasteiger partial charge in [-0.25, -0.2) is 8.78 Å². The summed E-state index contributed by atoms with van der Waals surface area (Å²) in [5.74, 6) is -3.23. The number of likely N-dealkylation sites (tertiary alicyclic amines) is 1. The predicted molar refractivity (Wildman–Crippen MR) is 159 cm³/mol. The molecule has 4 rings (SSSR count). The third-order valence-electron chi connectivity index (χ3n) is 7.07. The fraction of sp³-hybridized carbons (Fsp3) is 0.414. The molecule has 3 aromatic rings. The normalized spacial score (nSPS) is 18.1. The van der Waals surface area contributed by atoms with Gasteiger partial charge in [-0.15, -0.1) is 0 Å². The molecular formula is C29H32ClF2N4O8P. The number of rotatable bonds is 10. The topological polar surface area (TPSA) is 157 Å². The molecule has 0 aliphatic carbocycles. The lowest BCUT2D eigenvalue weighted by atomic mass is 9.98. The number of carbonyl (C=O) groups is 4. The second-order valence-electron chi connectivity index (χ2n) is 11.5. The van der Waals surface area contributed by atoms with Crippen molar-refractivity contribution in [3.63, 3.8) is 0 Å². The van der Waals surface area contributed by atoms with Crippen LogP contribution in [0.5, 0.6) is 0 Å². The molecule has 242 valence electrons. The standard InChI is InChI=1S/C29H32ClF2N4O8P/c1-16(37)26-20-9-8-19(45(41,42)44-15-43-28(40)29(2,3)4)11-22(20)36(34-26)14-24(38)35-13-18(31)10-23(35)27(39)33-12-17-6-5-7-21(30)25(17)32/h5-9,11,18,23H,10,12-15H2,1-4H3,(H,33,39)(H,41,42)/t18-,23+/m1/s1. The van der Waals surface area contributed by atoms with E-state index in [4.69, 9.17) is 20.9 Å². The summed E-state index contributed by atoms with van der Waals surface area (Å²) in [6, 6.07) is 6.89. The van der Waals surface area contributed by atoms with Gasteiger partial charge in [0.2, 0.25) is 18.6 Å². The number of alkyl halides is 1. The monoisotopic (exact) mass is 668 g/mol. The van der Waals surface area contributed by atoms with E-state index in [1.54, 1.807) is 20.8 Å². The molecule has 1 aromatic heterocycles. The number of halogens is 3. The van der Waals surface area contributed by atoms with E-state index < -0.39 is 67.9 Å².